The van der Waals surface area contributed by atoms with Crippen molar-refractivity contribution in [1.82, 2.24) is 0 Å². The van der Waals surface area contributed by atoms with Crippen LogP contribution in [0.2, 0.25) is 0 Å². The smallest absolute Gasteiger partial charge is 0.0860 e. The summed E-state index contributed by atoms with van der Waals surface area (Å²) in [6.07, 6.45) is 2.11. The van der Waals surface area contributed by atoms with Crippen molar-refractivity contribution in [2.24, 2.45) is 10.2 Å². The van der Waals surface area contributed by atoms with E-state index in [-0.39, 0.29) is 0 Å². The van der Waals surface area contributed by atoms with Crippen LogP contribution in [0.1, 0.15) is 25.0 Å². The first-order valence-electron chi connectivity index (χ1n) is 6.42. The summed E-state index contributed by atoms with van der Waals surface area (Å²) < 4.78 is 0. The Bertz CT molecular complexity index is 530. The van der Waals surface area contributed by atoms with Crippen LogP contribution in [0, 0.1) is 0 Å². The first-order chi connectivity index (χ1) is 8.83. The minimum absolute atomic E-state index is 0.884. The van der Waals surface area contributed by atoms with Crippen LogP contribution in [-0.4, -0.2) is 0 Å². The average molecular weight is 238 g/mol. The van der Waals surface area contributed by atoms with Gasteiger partial charge in [-0.05, 0) is 48.2 Å². The molecule has 0 spiro atoms. The van der Waals surface area contributed by atoms with Crippen molar-refractivity contribution in [2.45, 2.75) is 26.7 Å². The van der Waals surface area contributed by atoms with E-state index in [1.54, 1.807) is 0 Å². The second kappa shape index (κ2) is 6.10. The third kappa shape index (κ3) is 3.04. The normalized spacial score (nSPS) is 11.0. The highest BCUT2D eigenvalue weighted by Crippen LogP contribution is 2.22. The number of benzene rings is 2. The molecule has 0 aliphatic heterocycles. The number of hydrogen-bond donors (Lipinski definition) is 0. The molecule has 0 aliphatic carbocycles. The minimum atomic E-state index is 0.884. The van der Waals surface area contributed by atoms with Crippen LogP contribution in [-0.2, 0) is 12.8 Å². The lowest BCUT2D eigenvalue weighted by Crippen LogP contribution is -1.89. The first kappa shape index (κ1) is 12.5. The lowest BCUT2D eigenvalue weighted by molar-refractivity contribution is 1.03. The molecule has 0 radical (unpaired) electrons. The van der Waals surface area contributed by atoms with Crippen LogP contribution in [0.5, 0.6) is 0 Å². The molecule has 0 unspecified atom stereocenters. The van der Waals surface area contributed by atoms with Crippen molar-refractivity contribution < 1.29 is 0 Å². The van der Waals surface area contributed by atoms with Crippen molar-refractivity contribution in [3.05, 3.63) is 59.7 Å². The molecule has 92 valence electrons. The second-order valence-electron chi connectivity index (χ2n) is 4.20. The molecule has 0 saturated heterocycles. The molecule has 0 aromatic heterocycles. The van der Waals surface area contributed by atoms with Gasteiger partial charge in [0.05, 0.1) is 11.4 Å². The lowest BCUT2D eigenvalue weighted by atomic mass is 10.0. The number of nitrogens with zero attached hydrogens (tertiary/aromatic N) is 2. The topological polar surface area (TPSA) is 24.7 Å². The molecule has 2 rings (SSSR count). The van der Waals surface area contributed by atoms with E-state index in [0.29, 0.717) is 0 Å². The third-order valence-electron chi connectivity index (χ3n) is 2.99. The Morgan fingerprint density at radius 2 is 1.39 bits per heavy atom. The molecule has 0 atom stereocenters. The van der Waals surface area contributed by atoms with E-state index in [0.717, 1.165) is 24.2 Å². The molecule has 18 heavy (non-hydrogen) atoms. The molecule has 2 aromatic carbocycles. The SMILES string of the molecule is CCc1ccc(N=Nc2ccccc2)cc1CC. The predicted octanol–water partition coefficient (Wildman–Crippen LogP) is 5.23. The van der Waals surface area contributed by atoms with Gasteiger partial charge in [-0.2, -0.15) is 10.2 Å². The highest BCUT2D eigenvalue weighted by atomic mass is 15.1. The molecule has 0 N–H and O–H groups in total. The van der Waals surface area contributed by atoms with Gasteiger partial charge >= 0.3 is 0 Å². The largest absolute Gasteiger partial charge is 0.151 e. The molecule has 0 aliphatic rings. The minimum Gasteiger partial charge on any atom is -0.151 e. The van der Waals surface area contributed by atoms with E-state index in [4.69, 9.17) is 0 Å². The van der Waals surface area contributed by atoms with E-state index in [1.807, 2.05) is 36.4 Å². The summed E-state index contributed by atoms with van der Waals surface area (Å²) in [7, 11) is 0. The summed E-state index contributed by atoms with van der Waals surface area (Å²) in [6, 6.07) is 16.1. The van der Waals surface area contributed by atoms with E-state index >= 15 is 0 Å². The molecule has 2 aromatic rings. The number of rotatable bonds is 4. The van der Waals surface area contributed by atoms with Crippen LogP contribution in [0.15, 0.2) is 58.8 Å². The second-order valence-corrected chi connectivity index (χ2v) is 4.20. The van der Waals surface area contributed by atoms with Gasteiger partial charge in [-0.3, -0.25) is 0 Å². The van der Waals surface area contributed by atoms with Crippen LogP contribution in [0.4, 0.5) is 11.4 Å². The zero-order chi connectivity index (χ0) is 12.8. The maximum Gasteiger partial charge on any atom is 0.0860 e. The van der Waals surface area contributed by atoms with E-state index in [9.17, 15) is 0 Å². The van der Waals surface area contributed by atoms with Gasteiger partial charge < -0.3 is 0 Å². The zero-order valence-corrected chi connectivity index (χ0v) is 10.9. The Hall–Kier alpha value is -1.96. The molecule has 0 bridgehead atoms. The van der Waals surface area contributed by atoms with E-state index in [2.05, 4.69) is 36.2 Å². The third-order valence-corrected chi connectivity index (χ3v) is 2.99. The summed E-state index contributed by atoms with van der Waals surface area (Å²) >= 11 is 0. The van der Waals surface area contributed by atoms with Gasteiger partial charge in [0, 0.05) is 0 Å². The Balaban J connectivity index is 2.22. The Kier molecular flexibility index (Phi) is 4.24. The van der Waals surface area contributed by atoms with Crippen LogP contribution in [0.25, 0.3) is 0 Å². The number of aryl methyl sites for hydroxylation is 2. The summed E-state index contributed by atoms with van der Waals surface area (Å²) in [4.78, 5) is 0. The molecule has 2 nitrogen and oxygen atoms in total. The fraction of sp³-hybridized carbons (Fsp3) is 0.250. The maximum absolute atomic E-state index is 4.29. The molecule has 2 heteroatoms. The van der Waals surface area contributed by atoms with E-state index < -0.39 is 0 Å². The van der Waals surface area contributed by atoms with Crippen molar-refractivity contribution in [1.29, 1.82) is 0 Å². The Morgan fingerprint density at radius 3 is 2.06 bits per heavy atom. The van der Waals surface area contributed by atoms with Crippen LogP contribution in [0.3, 0.4) is 0 Å². The quantitative estimate of drug-likeness (QED) is 0.652. The summed E-state index contributed by atoms with van der Waals surface area (Å²) in [5.41, 5.74) is 4.57. The van der Waals surface area contributed by atoms with Gasteiger partial charge in [-0.25, -0.2) is 0 Å². The van der Waals surface area contributed by atoms with Gasteiger partial charge in [-0.1, -0.05) is 38.1 Å². The highest BCUT2D eigenvalue weighted by Gasteiger charge is 2.00. The van der Waals surface area contributed by atoms with Crippen LogP contribution >= 0.6 is 0 Å². The molecule has 0 fully saturated rings. The fourth-order valence-corrected chi connectivity index (χ4v) is 1.96. The van der Waals surface area contributed by atoms with Gasteiger partial charge in [-0.15, -0.1) is 0 Å². The summed E-state index contributed by atoms with van der Waals surface area (Å²) in [5.74, 6) is 0. The van der Waals surface area contributed by atoms with Gasteiger partial charge in [0.1, 0.15) is 0 Å². The average Bonchev–Trinajstić information content (AvgIpc) is 2.45. The molecule has 0 heterocycles. The first-order valence-corrected chi connectivity index (χ1v) is 6.42. The van der Waals surface area contributed by atoms with Gasteiger partial charge in [0.15, 0.2) is 0 Å². The van der Waals surface area contributed by atoms with Crippen LogP contribution < -0.4 is 0 Å². The fourth-order valence-electron chi connectivity index (χ4n) is 1.96. The standard InChI is InChI=1S/C16H18N2/c1-3-13-10-11-16(12-14(13)4-2)18-17-15-8-6-5-7-9-15/h5-12H,3-4H2,1-2H3. The zero-order valence-electron chi connectivity index (χ0n) is 10.9. The van der Waals surface area contributed by atoms with Crippen molar-refractivity contribution in [3.63, 3.8) is 0 Å². The molecular formula is C16H18N2. The van der Waals surface area contributed by atoms with E-state index in [1.165, 1.54) is 11.1 Å². The highest BCUT2D eigenvalue weighted by molar-refractivity contribution is 5.45. The van der Waals surface area contributed by atoms with Crippen molar-refractivity contribution in [2.75, 3.05) is 0 Å². The summed E-state index contributed by atoms with van der Waals surface area (Å²) in [5, 5.41) is 8.52. The van der Waals surface area contributed by atoms with Crippen molar-refractivity contribution >= 4 is 11.4 Å². The predicted molar refractivity (Wildman–Crippen MR) is 75.8 cm³/mol. The van der Waals surface area contributed by atoms with Crippen molar-refractivity contribution in [3.8, 4) is 0 Å². The monoisotopic (exact) mass is 238 g/mol. The summed E-state index contributed by atoms with van der Waals surface area (Å²) in [6.45, 7) is 4.35. The van der Waals surface area contributed by atoms with Gasteiger partial charge in [0.25, 0.3) is 0 Å². The molecule has 0 saturated carbocycles. The maximum atomic E-state index is 4.29. The molecule has 0 amide bonds. The Morgan fingerprint density at radius 1 is 0.722 bits per heavy atom. The van der Waals surface area contributed by atoms with Gasteiger partial charge in [0.2, 0.25) is 0 Å². The molecular weight excluding hydrogens is 220 g/mol. The number of azo groups is 1. The number of hydrogen-bond acceptors (Lipinski definition) is 2. The lowest BCUT2D eigenvalue weighted by Gasteiger charge is -2.05. The Labute approximate surface area is 108 Å².